The summed E-state index contributed by atoms with van der Waals surface area (Å²) in [5.41, 5.74) is 0.550. The zero-order valence-corrected chi connectivity index (χ0v) is 11.7. The number of rotatable bonds is 3. The highest BCUT2D eigenvalue weighted by atomic mass is 35.5. The zero-order chi connectivity index (χ0) is 13.1. The molecule has 0 spiro atoms. The second-order valence-electron chi connectivity index (χ2n) is 4.96. The molecule has 4 heteroatoms. The Morgan fingerprint density at radius 2 is 2.33 bits per heavy atom. The topological polar surface area (TPSA) is 15.3 Å². The normalized spacial score (nSPS) is 22.0. The van der Waals surface area contributed by atoms with E-state index in [-0.39, 0.29) is 5.82 Å². The molecule has 100 valence electrons. The number of piperazine rings is 1. The number of para-hydroxylation sites is 1. The van der Waals surface area contributed by atoms with Crippen LogP contribution in [0.15, 0.2) is 18.2 Å². The first-order valence-electron chi connectivity index (χ1n) is 6.55. The lowest BCUT2D eigenvalue weighted by molar-refractivity contribution is 0.340. The molecule has 1 heterocycles. The molecule has 0 aromatic heterocycles. The monoisotopic (exact) mass is 270 g/mol. The van der Waals surface area contributed by atoms with Gasteiger partial charge in [-0.3, -0.25) is 0 Å². The van der Waals surface area contributed by atoms with Crippen molar-refractivity contribution in [3.05, 3.63) is 29.0 Å². The van der Waals surface area contributed by atoms with Crippen molar-refractivity contribution >= 4 is 17.3 Å². The second kappa shape index (κ2) is 5.89. The van der Waals surface area contributed by atoms with Crippen molar-refractivity contribution in [2.75, 3.05) is 24.5 Å². The van der Waals surface area contributed by atoms with E-state index < -0.39 is 0 Å². The highest BCUT2D eigenvalue weighted by Crippen LogP contribution is 2.30. The molecule has 1 saturated heterocycles. The van der Waals surface area contributed by atoms with Gasteiger partial charge in [-0.15, -0.1) is 0 Å². The average Bonchev–Trinajstić information content (AvgIpc) is 2.38. The van der Waals surface area contributed by atoms with Gasteiger partial charge in [0.05, 0.1) is 10.7 Å². The van der Waals surface area contributed by atoms with Gasteiger partial charge >= 0.3 is 0 Å². The van der Waals surface area contributed by atoms with Crippen LogP contribution >= 0.6 is 11.6 Å². The Bertz CT molecular complexity index is 391. The molecule has 0 bridgehead atoms. The van der Waals surface area contributed by atoms with E-state index in [1.54, 1.807) is 12.1 Å². The van der Waals surface area contributed by atoms with Gasteiger partial charge in [0.25, 0.3) is 0 Å². The maximum absolute atomic E-state index is 13.9. The van der Waals surface area contributed by atoms with Crippen molar-refractivity contribution in [3.8, 4) is 0 Å². The Morgan fingerprint density at radius 1 is 1.56 bits per heavy atom. The van der Waals surface area contributed by atoms with Crippen LogP contribution in [0.2, 0.25) is 5.02 Å². The molecule has 0 radical (unpaired) electrons. The van der Waals surface area contributed by atoms with Crippen molar-refractivity contribution in [3.63, 3.8) is 0 Å². The minimum atomic E-state index is -0.229. The third kappa shape index (κ3) is 2.78. The van der Waals surface area contributed by atoms with Crippen molar-refractivity contribution < 1.29 is 4.39 Å². The molecule has 1 aliphatic heterocycles. The zero-order valence-electron chi connectivity index (χ0n) is 10.9. The minimum Gasteiger partial charge on any atom is -0.365 e. The minimum absolute atomic E-state index is 0.229. The van der Waals surface area contributed by atoms with Crippen molar-refractivity contribution in [2.24, 2.45) is 5.92 Å². The van der Waals surface area contributed by atoms with E-state index in [1.165, 1.54) is 6.07 Å². The van der Waals surface area contributed by atoms with E-state index in [2.05, 4.69) is 24.1 Å². The number of hydrogen-bond donors (Lipinski definition) is 1. The predicted octanol–water partition coefficient (Wildman–Crippen LogP) is 3.30. The SMILES string of the molecule is CCC(C)C1CN(c2c(F)cccc2Cl)CCN1. The number of benzene rings is 1. The quantitative estimate of drug-likeness (QED) is 0.907. The lowest BCUT2D eigenvalue weighted by Gasteiger charge is -2.38. The molecule has 1 aromatic carbocycles. The Hall–Kier alpha value is -0.800. The van der Waals surface area contributed by atoms with Gasteiger partial charge in [-0.25, -0.2) is 4.39 Å². The van der Waals surface area contributed by atoms with Gasteiger partial charge in [0.15, 0.2) is 0 Å². The van der Waals surface area contributed by atoms with Crippen molar-refractivity contribution in [1.82, 2.24) is 5.32 Å². The first-order chi connectivity index (χ1) is 8.63. The molecular formula is C14H20ClFN2. The Labute approximate surface area is 113 Å². The van der Waals surface area contributed by atoms with Crippen LogP contribution in [0.5, 0.6) is 0 Å². The van der Waals surface area contributed by atoms with E-state index in [9.17, 15) is 4.39 Å². The molecule has 2 nitrogen and oxygen atoms in total. The highest BCUT2D eigenvalue weighted by molar-refractivity contribution is 6.33. The number of anilines is 1. The fourth-order valence-corrected chi connectivity index (χ4v) is 2.72. The van der Waals surface area contributed by atoms with Gasteiger partial charge in [-0.1, -0.05) is 37.9 Å². The summed E-state index contributed by atoms with van der Waals surface area (Å²) in [6, 6.07) is 5.27. The third-order valence-corrected chi connectivity index (χ3v) is 4.09. The van der Waals surface area contributed by atoms with Crippen LogP contribution in [0.4, 0.5) is 10.1 Å². The molecule has 18 heavy (non-hydrogen) atoms. The Balaban J connectivity index is 2.18. The highest BCUT2D eigenvalue weighted by Gasteiger charge is 2.25. The van der Waals surface area contributed by atoms with Crippen LogP contribution < -0.4 is 10.2 Å². The van der Waals surface area contributed by atoms with Gasteiger partial charge in [0.2, 0.25) is 0 Å². The summed E-state index contributed by atoms with van der Waals surface area (Å²) < 4.78 is 13.9. The van der Waals surface area contributed by atoms with E-state index in [0.29, 0.717) is 22.7 Å². The first-order valence-corrected chi connectivity index (χ1v) is 6.93. The maximum Gasteiger partial charge on any atom is 0.148 e. The summed E-state index contributed by atoms with van der Waals surface area (Å²) in [5, 5.41) is 4.00. The molecule has 2 atom stereocenters. The van der Waals surface area contributed by atoms with E-state index >= 15 is 0 Å². The Morgan fingerprint density at radius 3 is 3.00 bits per heavy atom. The molecule has 2 unspecified atom stereocenters. The number of hydrogen-bond acceptors (Lipinski definition) is 2. The number of nitrogens with one attached hydrogen (secondary N) is 1. The predicted molar refractivity (Wildman–Crippen MR) is 74.9 cm³/mol. The fourth-order valence-electron chi connectivity index (χ4n) is 2.44. The van der Waals surface area contributed by atoms with Gasteiger partial charge < -0.3 is 10.2 Å². The van der Waals surface area contributed by atoms with Crippen LogP contribution in [0.3, 0.4) is 0 Å². The molecule has 1 aliphatic rings. The fraction of sp³-hybridized carbons (Fsp3) is 0.571. The summed E-state index contributed by atoms with van der Waals surface area (Å²) in [6.45, 7) is 6.90. The smallest absolute Gasteiger partial charge is 0.148 e. The van der Waals surface area contributed by atoms with Crippen LogP contribution in [0.1, 0.15) is 20.3 Å². The molecule has 0 saturated carbocycles. The number of nitrogens with zero attached hydrogens (tertiary/aromatic N) is 1. The largest absolute Gasteiger partial charge is 0.365 e. The third-order valence-electron chi connectivity index (χ3n) is 3.79. The molecule has 0 aliphatic carbocycles. The standard InChI is InChI=1S/C14H20ClFN2/c1-3-10(2)13-9-18(8-7-17-13)14-11(15)5-4-6-12(14)16/h4-6,10,13,17H,3,7-9H2,1-2H3. The molecule has 1 fully saturated rings. The maximum atomic E-state index is 13.9. The van der Waals surface area contributed by atoms with Crippen LogP contribution in [-0.2, 0) is 0 Å². The van der Waals surface area contributed by atoms with E-state index in [0.717, 1.165) is 26.1 Å². The summed E-state index contributed by atoms with van der Waals surface area (Å²) in [7, 11) is 0. The molecule has 2 rings (SSSR count). The molecule has 1 aromatic rings. The van der Waals surface area contributed by atoms with Gasteiger partial charge in [-0.2, -0.15) is 0 Å². The van der Waals surface area contributed by atoms with Crippen LogP contribution in [-0.4, -0.2) is 25.7 Å². The van der Waals surface area contributed by atoms with Gasteiger partial charge in [0.1, 0.15) is 5.82 Å². The number of halogens is 2. The molecule has 1 N–H and O–H groups in total. The summed E-state index contributed by atoms with van der Waals surface area (Å²) in [5.74, 6) is 0.352. The van der Waals surface area contributed by atoms with E-state index in [1.807, 2.05) is 0 Å². The molecule has 0 amide bonds. The van der Waals surface area contributed by atoms with Crippen molar-refractivity contribution in [2.45, 2.75) is 26.3 Å². The van der Waals surface area contributed by atoms with Gasteiger partial charge in [0, 0.05) is 25.7 Å². The molecular weight excluding hydrogens is 251 g/mol. The van der Waals surface area contributed by atoms with Crippen LogP contribution in [0.25, 0.3) is 0 Å². The summed E-state index contributed by atoms with van der Waals surface area (Å²) in [4.78, 5) is 2.06. The van der Waals surface area contributed by atoms with Crippen molar-refractivity contribution in [1.29, 1.82) is 0 Å². The van der Waals surface area contributed by atoms with E-state index in [4.69, 9.17) is 11.6 Å². The van der Waals surface area contributed by atoms with Gasteiger partial charge in [-0.05, 0) is 18.1 Å². The second-order valence-corrected chi connectivity index (χ2v) is 5.37. The lowest BCUT2D eigenvalue weighted by Crippen LogP contribution is -2.53. The average molecular weight is 271 g/mol. The van der Waals surface area contributed by atoms with Crippen LogP contribution in [0, 0.1) is 11.7 Å². The Kier molecular flexibility index (Phi) is 4.46. The lowest BCUT2D eigenvalue weighted by atomic mass is 9.97. The first kappa shape index (κ1) is 13.6. The summed E-state index contributed by atoms with van der Waals surface area (Å²) >= 11 is 6.12. The summed E-state index contributed by atoms with van der Waals surface area (Å²) in [6.07, 6.45) is 1.12.